The molecular formula is C21H27N3O2. The highest BCUT2D eigenvalue weighted by molar-refractivity contribution is 5.97. The summed E-state index contributed by atoms with van der Waals surface area (Å²) in [6, 6.07) is 10.8. The van der Waals surface area contributed by atoms with Crippen LogP contribution in [0.25, 0.3) is 0 Å². The Balaban J connectivity index is 1.94. The minimum Gasteiger partial charge on any atom is -0.342 e. The summed E-state index contributed by atoms with van der Waals surface area (Å²) in [5.74, 6) is -0.0547. The first kappa shape index (κ1) is 19.6. The van der Waals surface area contributed by atoms with Crippen LogP contribution < -0.4 is 0 Å². The number of likely N-dealkylation sites (N-methyl/N-ethyl adjacent to an activating group) is 1. The lowest BCUT2D eigenvalue weighted by atomic mass is 10.1. The zero-order valence-electron chi connectivity index (χ0n) is 15.8. The molecule has 2 rings (SSSR count). The number of pyridine rings is 1. The van der Waals surface area contributed by atoms with E-state index in [1.807, 2.05) is 19.2 Å². The maximum atomic E-state index is 12.5. The van der Waals surface area contributed by atoms with E-state index in [9.17, 15) is 9.59 Å². The Morgan fingerprint density at radius 1 is 0.846 bits per heavy atom. The molecule has 0 fully saturated rings. The van der Waals surface area contributed by atoms with Crippen molar-refractivity contribution in [3.8, 4) is 0 Å². The molecule has 1 heterocycles. The number of carbonyl (C=O) groups excluding carboxylic acids is 2. The van der Waals surface area contributed by atoms with Gasteiger partial charge in [0.1, 0.15) is 0 Å². The SMILES string of the molecule is CCCCN(C)C(=O)c1ccc(C(=O)N(C)CCc2ccncc2)cc1. The third kappa shape index (κ3) is 5.41. The van der Waals surface area contributed by atoms with Crippen molar-refractivity contribution >= 4 is 11.8 Å². The van der Waals surface area contributed by atoms with E-state index in [0.29, 0.717) is 17.7 Å². The molecule has 0 saturated carbocycles. The zero-order valence-corrected chi connectivity index (χ0v) is 15.8. The van der Waals surface area contributed by atoms with Crippen LogP contribution in [0.4, 0.5) is 0 Å². The van der Waals surface area contributed by atoms with Gasteiger partial charge < -0.3 is 9.80 Å². The molecule has 0 radical (unpaired) electrons. The number of hydrogen-bond donors (Lipinski definition) is 0. The van der Waals surface area contributed by atoms with Gasteiger partial charge in [0.15, 0.2) is 0 Å². The highest BCUT2D eigenvalue weighted by atomic mass is 16.2. The van der Waals surface area contributed by atoms with Crippen LogP contribution >= 0.6 is 0 Å². The Morgan fingerprint density at radius 2 is 1.35 bits per heavy atom. The summed E-state index contributed by atoms with van der Waals surface area (Å²) in [4.78, 5) is 32.3. The highest BCUT2D eigenvalue weighted by Gasteiger charge is 2.14. The van der Waals surface area contributed by atoms with E-state index in [1.54, 1.807) is 53.5 Å². The van der Waals surface area contributed by atoms with Crippen LogP contribution in [0.15, 0.2) is 48.8 Å². The molecule has 0 saturated heterocycles. The van der Waals surface area contributed by atoms with Crippen LogP contribution in [-0.4, -0.2) is 53.8 Å². The van der Waals surface area contributed by atoms with Crippen molar-refractivity contribution in [1.29, 1.82) is 0 Å². The topological polar surface area (TPSA) is 53.5 Å². The Kier molecular flexibility index (Phi) is 7.33. The van der Waals surface area contributed by atoms with Crippen molar-refractivity contribution in [1.82, 2.24) is 14.8 Å². The molecule has 0 N–H and O–H groups in total. The van der Waals surface area contributed by atoms with Gasteiger partial charge in [0.25, 0.3) is 11.8 Å². The molecule has 0 unspecified atom stereocenters. The molecule has 0 aliphatic heterocycles. The van der Waals surface area contributed by atoms with Gasteiger partial charge in [-0.15, -0.1) is 0 Å². The molecule has 1 aromatic heterocycles. The van der Waals surface area contributed by atoms with E-state index in [1.165, 1.54) is 0 Å². The molecule has 0 atom stereocenters. The van der Waals surface area contributed by atoms with Crippen LogP contribution in [-0.2, 0) is 6.42 Å². The lowest BCUT2D eigenvalue weighted by Gasteiger charge is -2.18. The Hall–Kier alpha value is -2.69. The van der Waals surface area contributed by atoms with Crippen LogP contribution in [0.2, 0.25) is 0 Å². The van der Waals surface area contributed by atoms with Gasteiger partial charge in [-0.1, -0.05) is 13.3 Å². The summed E-state index contributed by atoms with van der Waals surface area (Å²) in [7, 11) is 3.60. The van der Waals surface area contributed by atoms with Gasteiger partial charge in [-0.3, -0.25) is 14.6 Å². The molecule has 2 amide bonds. The van der Waals surface area contributed by atoms with Gasteiger partial charge in [0.2, 0.25) is 0 Å². The smallest absolute Gasteiger partial charge is 0.253 e. The molecule has 5 nitrogen and oxygen atoms in total. The number of rotatable bonds is 8. The number of carbonyl (C=O) groups is 2. The van der Waals surface area contributed by atoms with E-state index in [-0.39, 0.29) is 11.8 Å². The van der Waals surface area contributed by atoms with Gasteiger partial charge in [0.05, 0.1) is 0 Å². The first-order valence-electron chi connectivity index (χ1n) is 9.02. The van der Waals surface area contributed by atoms with Gasteiger partial charge in [-0.2, -0.15) is 0 Å². The lowest BCUT2D eigenvalue weighted by molar-refractivity contribution is 0.0783. The first-order chi connectivity index (χ1) is 12.5. The molecule has 0 bridgehead atoms. The minimum atomic E-state index is -0.0441. The molecule has 2 aromatic rings. The predicted molar refractivity (Wildman–Crippen MR) is 103 cm³/mol. The first-order valence-corrected chi connectivity index (χ1v) is 9.02. The van der Waals surface area contributed by atoms with Crippen LogP contribution in [0.1, 0.15) is 46.0 Å². The van der Waals surface area contributed by atoms with Gasteiger partial charge in [-0.05, 0) is 54.8 Å². The van der Waals surface area contributed by atoms with E-state index < -0.39 is 0 Å². The number of aromatic nitrogens is 1. The van der Waals surface area contributed by atoms with Crippen molar-refractivity contribution in [2.24, 2.45) is 0 Å². The van der Waals surface area contributed by atoms with Crippen molar-refractivity contribution in [3.63, 3.8) is 0 Å². The second kappa shape index (κ2) is 9.70. The average Bonchev–Trinajstić information content (AvgIpc) is 2.70. The van der Waals surface area contributed by atoms with E-state index >= 15 is 0 Å². The zero-order chi connectivity index (χ0) is 18.9. The third-order valence-corrected chi connectivity index (χ3v) is 4.40. The fourth-order valence-electron chi connectivity index (χ4n) is 2.64. The number of amides is 2. The summed E-state index contributed by atoms with van der Waals surface area (Å²) in [6.45, 7) is 3.47. The van der Waals surface area contributed by atoms with Crippen molar-refractivity contribution in [2.45, 2.75) is 26.2 Å². The fourth-order valence-corrected chi connectivity index (χ4v) is 2.64. The van der Waals surface area contributed by atoms with E-state index in [0.717, 1.165) is 31.4 Å². The normalized spacial score (nSPS) is 10.4. The Morgan fingerprint density at radius 3 is 1.85 bits per heavy atom. The molecule has 26 heavy (non-hydrogen) atoms. The summed E-state index contributed by atoms with van der Waals surface area (Å²) in [5.41, 5.74) is 2.35. The largest absolute Gasteiger partial charge is 0.342 e. The van der Waals surface area contributed by atoms with Gasteiger partial charge in [-0.25, -0.2) is 0 Å². The molecule has 5 heteroatoms. The standard InChI is InChI=1S/C21H27N3O2/c1-4-5-15-23(2)20(25)18-6-8-19(9-7-18)21(26)24(3)16-12-17-10-13-22-14-11-17/h6-11,13-14H,4-5,12,15-16H2,1-3H3. The lowest BCUT2D eigenvalue weighted by Crippen LogP contribution is -2.29. The highest BCUT2D eigenvalue weighted by Crippen LogP contribution is 2.10. The Bertz CT molecular complexity index is 714. The maximum Gasteiger partial charge on any atom is 0.253 e. The molecule has 0 aliphatic carbocycles. The number of unbranched alkanes of at least 4 members (excludes halogenated alkanes) is 1. The van der Waals surface area contributed by atoms with Crippen molar-refractivity contribution in [3.05, 3.63) is 65.5 Å². The third-order valence-electron chi connectivity index (χ3n) is 4.40. The summed E-state index contributed by atoms with van der Waals surface area (Å²) in [5, 5.41) is 0. The van der Waals surface area contributed by atoms with Crippen LogP contribution in [0, 0.1) is 0 Å². The van der Waals surface area contributed by atoms with E-state index in [4.69, 9.17) is 0 Å². The fraction of sp³-hybridized carbons (Fsp3) is 0.381. The second-order valence-corrected chi connectivity index (χ2v) is 6.49. The number of benzene rings is 1. The molecule has 1 aromatic carbocycles. The van der Waals surface area contributed by atoms with Gasteiger partial charge >= 0.3 is 0 Å². The Labute approximate surface area is 155 Å². The summed E-state index contributed by atoms with van der Waals surface area (Å²) >= 11 is 0. The second-order valence-electron chi connectivity index (χ2n) is 6.49. The summed E-state index contributed by atoms with van der Waals surface area (Å²) < 4.78 is 0. The quantitative estimate of drug-likeness (QED) is 0.732. The van der Waals surface area contributed by atoms with Gasteiger partial charge in [0, 0.05) is 50.7 Å². The van der Waals surface area contributed by atoms with E-state index in [2.05, 4.69) is 11.9 Å². The summed E-state index contributed by atoms with van der Waals surface area (Å²) in [6.07, 6.45) is 6.33. The number of hydrogen-bond acceptors (Lipinski definition) is 3. The molecule has 138 valence electrons. The van der Waals surface area contributed by atoms with Crippen LogP contribution in [0.3, 0.4) is 0 Å². The average molecular weight is 353 g/mol. The minimum absolute atomic E-state index is 0.0107. The van der Waals surface area contributed by atoms with Crippen molar-refractivity contribution in [2.75, 3.05) is 27.2 Å². The molecule has 0 aliphatic rings. The van der Waals surface area contributed by atoms with Crippen molar-refractivity contribution < 1.29 is 9.59 Å². The molecule has 0 spiro atoms. The monoisotopic (exact) mass is 353 g/mol. The van der Waals surface area contributed by atoms with Crippen LogP contribution in [0.5, 0.6) is 0 Å². The number of nitrogens with zero attached hydrogens (tertiary/aromatic N) is 3. The molecular weight excluding hydrogens is 326 g/mol. The maximum absolute atomic E-state index is 12.5. The predicted octanol–water partition coefficient (Wildman–Crippen LogP) is 3.27.